The summed E-state index contributed by atoms with van der Waals surface area (Å²) in [6, 6.07) is 3.00. The van der Waals surface area contributed by atoms with Gasteiger partial charge in [0, 0.05) is 15.4 Å². The van der Waals surface area contributed by atoms with Crippen LogP contribution in [0, 0.1) is 9.39 Å². The number of nitrogens with one attached hydrogen (secondary N) is 1. The third-order valence-electron chi connectivity index (χ3n) is 3.04. The first kappa shape index (κ1) is 10.3. The van der Waals surface area contributed by atoms with Gasteiger partial charge in [0.2, 0.25) is 0 Å². The lowest BCUT2D eigenvalue weighted by Crippen LogP contribution is -2.09. The Kier molecular flexibility index (Phi) is 2.27. The number of carbonyl (C=O) groups excluding carboxylic acids is 1. The van der Waals surface area contributed by atoms with Crippen LogP contribution in [0.5, 0.6) is 0 Å². The van der Waals surface area contributed by atoms with Crippen LogP contribution in [0.4, 0.5) is 4.39 Å². The van der Waals surface area contributed by atoms with E-state index in [1.54, 1.807) is 0 Å². The van der Waals surface area contributed by atoms with E-state index in [4.69, 9.17) is 0 Å². The molecule has 0 aliphatic heterocycles. The molecule has 0 amide bonds. The molecule has 0 spiro atoms. The van der Waals surface area contributed by atoms with Crippen molar-refractivity contribution in [2.45, 2.75) is 19.3 Å². The highest BCUT2D eigenvalue weighted by Crippen LogP contribution is 2.31. The number of hydrogen-bond donors (Lipinski definition) is 1. The van der Waals surface area contributed by atoms with Gasteiger partial charge in [-0.25, -0.2) is 4.39 Å². The number of ketones is 1. The van der Waals surface area contributed by atoms with Gasteiger partial charge in [0.1, 0.15) is 5.82 Å². The molecule has 2 nitrogen and oxygen atoms in total. The number of carbonyl (C=O) groups is 1. The molecule has 1 aromatic carbocycles. The molecule has 0 bridgehead atoms. The lowest BCUT2D eigenvalue weighted by Gasteiger charge is -2.09. The third kappa shape index (κ3) is 1.39. The maximum absolute atomic E-state index is 13.3. The van der Waals surface area contributed by atoms with E-state index in [0.29, 0.717) is 12.1 Å². The van der Waals surface area contributed by atoms with Crippen LogP contribution < -0.4 is 0 Å². The minimum Gasteiger partial charge on any atom is -0.351 e. The summed E-state index contributed by atoms with van der Waals surface area (Å²) < 4.78 is 14.2. The number of aromatic amines is 1. The van der Waals surface area contributed by atoms with Gasteiger partial charge in [0.15, 0.2) is 5.78 Å². The first-order valence-corrected chi connectivity index (χ1v) is 6.27. The molecule has 0 atom stereocenters. The highest BCUT2D eigenvalue weighted by molar-refractivity contribution is 14.1. The van der Waals surface area contributed by atoms with Crippen LogP contribution in [-0.2, 0) is 6.42 Å². The molecule has 1 aromatic heterocycles. The normalized spacial score (nSPS) is 15.5. The average molecular weight is 329 g/mol. The molecule has 16 heavy (non-hydrogen) atoms. The van der Waals surface area contributed by atoms with E-state index in [2.05, 4.69) is 27.6 Å². The number of H-pyrrole nitrogens is 1. The Morgan fingerprint density at radius 3 is 2.94 bits per heavy atom. The Labute approximate surface area is 105 Å². The quantitative estimate of drug-likeness (QED) is 0.738. The van der Waals surface area contributed by atoms with Crippen molar-refractivity contribution in [2.24, 2.45) is 0 Å². The average Bonchev–Trinajstić information content (AvgIpc) is 2.59. The first-order valence-electron chi connectivity index (χ1n) is 5.19. The Balaban J connectivity index is 2.40. The summed E-state index contributed by atoms with van der Waals surface area (Å²) in [6.45, 7) is 0. The van der Waals surface area contributed by atoms with E-state index >= 15 is 0 Å². The second-order valence-corrected chi connectivity index (χ2v) is 5.23. The first-order chi connectivity index (χ1) is 7.66. The van der Waals surface area contributed by atoms with Gasteiger partial charge in [0.25, 0.3) is 0 Å². The molecular weight excluding hydrogens is 320 g/mol. The van der Waals surface area contributed by atoms with E-state index in [1.807, 2.05) is 0 Å². The van der Waals surface area contributed by atoms with Gasteiger partial charge >= 0.3 is 0 Å². The number of aryl methyl sites for hydroxylation is 1. The van der Waals surface area contributed by atoms with Crippen molar-refractivity contribution in [3.8, 4) is 0 Å². The van der Waals surface area contributed by atoms with Crippen LogP contribution in [-0.4, -0.2) is 10.8 Å². The molecule has 0 radical (unpaired) electrons. The number of hydrogen-bond acceptors (Lipinski definition) is 1. The Bertz CT molecular complexity index is 603. The van der Waals surface area contributed by atoms with E-state index < -0.39 is 0 Å². The van der Waals surface area contributed by atoms with Crippen LogP contribution in [0.1, 0.15) is 28.9 Å². The van der Waals surface area contributed by atoms with Crippen molar-refractivity contribution in [1.29, 1.82) is 0 Å². The van der Waals surface area contributed by atoms with Crippen molar-refractivity contribution in [1.82, 2.24) is 4.98 Å². The van der Waals surface area contributed by atoms with Gasteiger partial charge in [-0.3, -0.25) is 4.79 Å². The van der Waals surface area contributed by atoms with Crippen molar-refractivity contribution < 1.29 is 9.18 Å². The van der Waals surface area contributed by atoms with Gasteiger partial charge in [-0.05, 0) is 53.1 Å². The number of aromatic nitrogens is 1. The fraction of sp³-hybridized carbons (Fsp3) is 0.250. The highest BCUT2D eigenvalue weighted by Gasteiger charge is 2.22. The van der Waals surface area contributed by atoms with Crippen LogP contribution >= 0.6 is 22.6 Å². The monoisotopic (exact) mass is 329 g/mol. The van der Waals surface area contributed by atoms with Gasteiger partial charge < -0.3 is 4.98 Å². The summed E-state index contributed by atoms with van der Waals surface area (Å²) in [5, 5.41) is 0.868. The molecule has 1 aliphatic rings. The molecule has 1 heterocycles. The van der Waals surface area contributed by atoms with Gasteiger partial charge in [0.05, 0.1) is 11.2 Å². The molecule has 1 aliphatic carbocycles. The lowest BCUT2D eigenvalue weighted by atomic mass is 9.95. The molecule has 4 heteroatoms. The molecular formula is C12H9FINO. The Hall–Kier alpha value is -0.910. The van der Waals surface area contributed by atoms with Gasteiger partial charge in [-0.2, -0.15) is 0 Å². The zero-order valence-electron chi connectivity index (χ0n) is 8.44. The summed E-state index contributed by atoms with van der Waals surface area (Å²) in [5.41, 5.74) is 2.57. The molecule has 0 fully saturated rings. The third-order valence-corrected chi connectivity index (χ3v) is 3.89. The zero-order valence-corrected chi connectivity index (χ0v) is 10.6. The van der Waals surface area contributed by atoms with Crippen LogP contribution in [0.2, 0.25) is 0 Å². The summed E-state index contributed by atoms with van der Waals surface area (Å²) >= 11 is 2.09. The second-order valence-electron chi connectivity index (χ2n) is 4.07. The summed E-state index contributed by atoms with van der Waals surface area (Å²) in [6.07, 6.45) is 2.32. The van der Waals surface area contributed by atoms with Crippen molar-refractivity contribution in [3.63, 3.8) is 0 Å². The molecule has 1 N–H and O–H groups in total. The summed E-state index contributed by atoms with van der Waals surface area (Å²) in [4.78, 5) is 14.9. The number of Topliss-reactive ketones (excluding diaryl/α,β-unsaturated/α-hetero) is 1. The topological polar surface area (TPSA) is 32.9 Å². The fourth-order valence-corrected chi connectivity index (χ4v) is 3.05. The van der Waals surface area contributed by atoms with Crippen molar-refractivity contribution in [2.75, 3.05) is 0 Å². The van der Waals surface area contributed by atoms with Gasteiger partial charge in [-0.1, -0.05) is 0 Å². The molecule has 0 unspecified atom stereocenters. The maximum atomic E-state index is 13.3. The predicted octanol–water partition coefficient (Wildman–Crippen LogP) is 3.43. The minimum absolute atomic E-state index is 0.147. The van der Waals surface area contributed by atoms with E-state index in [9.17, 15) is 9.18 Å². The highest BCUT2D eigenvalue weighted by atomic mass is 127. The van der Waals surface area contributed by atoms with E-state index in [1.165, 1.54) is 12.1 Å². The standard InChI is InChI=1S/C12H9FINO/c13-6-4-8-7-2-1-3-10(16)12(7)15-11(8)9(14)5-6/h4-5,15H,1-3H2. The van der Waals surface area contributed by atoms with Crippen molar-refractivity contribution >= 4 is 39.3 Å². The fourth-order valence-electron chi connectivity index (χ4n) is 2.32. The van der Waals surface area contributed by atoms with Crippen molar-refractivity contribution in [3.05, 3.63) is 32.8 Å². The SMILES string of the molecule is O=C1CCCc2c1[nH]c1c(I)cc(F)cc21. The predicted molar refractivity (Wildman–Crippen MR) is 68.2 cm³/mol. The molecule has 3 rings (SSSR count). The molecule has 82 valence electrons. The number of fused-ring (bicyclic) bond motifs is 3. The lowest BCUT2D eigenvalue weighted by molar-refractivity contribution is 0.0968. The molecule has 0 saturated heterocycles. The molecule has 2 aromatic rings. The second kappa shape index (κ2) is 3.55. The maximum Gasteiger partial charge on any atom is 0.179 e. The number of halogens is 2. The summed E-state index contributed by atoms with van der Waals surface area (Å²) in [7, 11) is 0. The number of benzene rings is 1. The van der Waals surface area contributed by atoms with Gasteiger partial charge in [-0.15, -0.1) is 0 Å². The smallest absolute Gasteiger partial charge is 0.179 e. The largest absolute Gasteiger partial charge is 0.351 e. The van der Waals surface area contributed by atoms with E-state index in [0.717, 1.165) is 32.9 Å². The zero-order chi connectivity index (χ0) is 11.3. The molecule has 0 saturated carbocycles. The minimum atomic E-state index is -0.239. The van der Waals surface area contributed by atoms with Crippen LogP contribution in [0.3, 0.4) is 0 Å². The Morgan fingerprint density at radius 2 is 2.12 bits per heavy atom. The summed E-state index contributed by atoms with van der Waals surface area (Å²) in [5.74, 6) is -0.0922. The Morgan fingerprint density at radius 1 is 1.31 bits per heavy atom. The van der Waals surface area contributed by atoms with E-state index in [-0.39, 0.29) is 11.6 Å². The van der Waals surface area contributed by atoms with Crippen LogP contribution in [0.15, 0.2) is 12.1 Å². The number of rotatable bonds is 0. The van der Waals surface area contributed by atoms with Crippen LogP contribution in [0.25, 0.3) is 10.9 Å².